The van der Waals surface area contributed by atoms with Crippen LogP contribution in [0.5, 0.6) is 0 Å². The minimum atomic E-state index is -0.0880. The quantitative estimate of drug-likeness (QED) is 0.275. The molecule has 162 valence electrons. The highest BCUT2D eigenvalue weighted by atomic mass is 19.1. The van der Waals surface area contributed by atoms with Crippen LogP contribution in [-0.2, 0) is 0 Å². The Morgan fingerprint density at radius 2 is 1.82 bits per heavy atom. The van der Waals surface area contributed by atoms with Gasteiger partial charge in [-0.25, -0.2) is 4.39 Å². The third-order valence-corrected chi connectivity index (χ3v) is 7.35. The van der Waals surface area contributed by atoms with E-state index in [1.807, 2.05) is 6.92 Å². The first-order chi connectivity index (χ1) is 13.1. The number of hydrogen-bond acceptors (Lipinski definition) is 0. The lowest BCUT2D eigenvalue weighted by atomic mass is 9.73. The van der Waals surface area contributed by atoms with Crippen molar-refractivity contribution in [3.8, 4) is 0 Å². The van der Waals surface area contributed by atoms with E-state index in [-0.39, 0.29) is 11.7 Å². The van der Waals surface area contributed by atoms with E-state index < -0.39 is 0 Å². The van der Waals surface area contributed by atoms with Gasteiger partial charge in [0.15, 0.2) is 0 Å². The number of hydrogen-bond donors (Lipinski definition) is 0. The molecule has 4 atom stereocenters. The molecule has 0 heterocycles. The van der Waals surface area contributed by atoms with Gasteiger partial charge in [-0.05, 0) is 61.7 Å². The Balaban J connectivity index is 2.83. The molecule has 1 rings (SSSR count). The molecule has 0 spiro atoms. The summed E-state index contributed by atoms with van der Waals surface area (Å²) in [5.41, 5.74) is 1.49. The molecular formula is C27H47F. The predicted octanol–water partition coefficient (Wildman–Crippen LogP) is 9.29. The molecule has 1 heteroatoms. The lowest BCUT2D eigenvalue weighted by molar-refractivity contribution is 0.222. The molecule has 0 N–H and O–H groups in total. The monoisotopic (exact) mass is 390 g/mol. The maximum Gasteiger partial charge on any atom is 0.103 e. The van der Waals surface area contributed by atoms with Crippen LogP contribution in [0.3, 0.4) is 0 Å². The average Bonchev–Trinajstić information content (AvgIpc) is 3.16. The van der Waals surface area contributed by atoms with Crippen molar-refractivity contribution >= 4 is 0 Å². The van der Waals surface area contributed by atoms with Crippen molar-refractivity contribution in [2.75, 3.05) is 0 Å². The van der Waals surface area contributed by atoms with E-state index in [1.54, 1.807) is 6.08 Å². The first-order valence-corrected chi connectivity index (χ1v) is 11.7. The van der Waals surface area contributed by atoms with E-state index in [2.05, 4.69) is 53.9 Å². The zero-order valence-corrected chi connectivity index (χ0v) is 19.7. The second kappa shape index (κ2) is 12.0. The molecule has 4 unspecified atom stereocenters. The summed E-state index contributed by atoms with van der Waals surface area (Å²) in [7, 11) is 0. The number of allylic oxidation sites excluding steroid dienone is 4. The van der Waals surface area contributed by atoms with E-state index in [9.17, 15) is 4.39 Å². The van der Waals surface area contributed by atoms with Gasteiger partial charge in [-0.1, -0.05) is 91.0 Å². The van der Waals surface area contributed by atoms with Gasteiger partial charge in [0.25, 0.3) is 0 Å². The molecule has 0 nitrogen and oxygen atoms in total. The van der Waals surface area contributed by atoms with Crippen molar-refractivity contribution in [2.45, 2.75) is 99.3 Å². The second-order valence-corrected chi connectivity index (χ2v) is 10.4. The molecule has 0 aromatic heterocycles. The van der Waals surface area contributed by atoms with Crippen LogP contribution in [0.4, 0.5) is 4.39 Å². The molecule has 1 fully saturated rings. The lowest BCUT2D eigenvalue weighted by Gasteiger charge is -2.32. The molecule has 0 aliphatic heterocycles. The molecule has 28 heavy (non-hydrogen) atoms. The predicted molar refractivity (Wildman–Crippen MR) is 124 cm³/mol. The minimum absolute atomic E-state index is 0.0297. The Bertz CT molecular complexity index is 506. The first kappa shape index (κ1) is 25.2. The van der Waals surface area contributed by atoms with Crippen LogP contribution in [-0.4, -0.2) is 0 Å². The Morgan fingerprint density at radius 3 is 2.32 bits per heavy atom. The van der Waals surface area contributed by atoms with Crippen LogP contribution in [0.1, 0.15) is 99.3 Å². The maximum atomic E-state index is 14.7. The van der Waals surface area contributed by atoms with Crippen LogP contribution in [0.25, 0.3) is 0 Å². The van der Waals surface area contributed by atoms with E-state index in [0.29, 0.717) is 29.1 Å². The maximum absolute atomic E-state index is 14.7. The van der Waals surface area contributed by atoms with Gasteiger partial charge in [0, 0.05) is 5.92 Å². The van der Waals surface area contributed by atoms with Gasteiger partial charge >= 0.3 is 0 Å². The highest BCUT2D eigenvalue weighted by molar-refractivity contribution is 5.15. The number of rotatable bonds is 13. The summed E-state index contributed by atoms with van der Waals surface area (Å²) in [5, 5.41) is 0. The van der Waals surface area contributed by atoms with Gasteiger partial charge in [0.1, 0.15) is 5.83 Å². The zero-order valence-electron chi connectivity index (χ0n) is 19.7. The van der Waals surface area contributed by atoms with E-state index in [1.165, 1.54) is 44.9 Å². The van der Waals surface area contributed by atoms with Crippen LogP contribution < -0.4 is 0 Å². The molecule has 0 amide bonds. The summed E-state index contributed by atoms with van der Waals surface area (Å²) >= 11 is 0. The largest absolute Gasteiger partial charge is 0.212 e. The lowest BCUT2D eigenvalue weighted by Crippen LogP contribution is -2.21. The summed E-state index contributed by atoms with van der Waals surface area (Å²) in [6.45, 7) is 21.9. The van der Waals surface area contributed by atoms with Crippen molar-refractivity contribution in [3.05, 3.63) is 36.7 Å². The van der Waals surface area contributed by atoms with Gasteiger partial charge in [-0.2, -0.15) is 0 Å². The fourth-order valence-corrected chi connectivity index (χ4v) is 5.10. The Labute approximate surface area is 175 Å². The average molecular weight is 391 g/mol. The van der Waals surface area contributed by atoms with Crippen molar-refractivity contribution in [1.29, 1.82) is 0 Å². The topological polar surface area (TPSA) is 0 Å². The van der Waals surface area contributed by atoms with E-state index in [0.717, 1.165) is 18.4 Å². The third kappa shape index (κ3) is 8.26. The fourth-order valence-electron chi connectivity index (χ4n) is 5.10. The smallest absolute Gasteiger partial charge is 0.103 e. The third-order valence-electron chi connectivity index (χ3n) is 7.35. The summed E-state index contributed by atoms with van der Waals surface area (Å²) in [4.78, 5) is 0. The van der Waals surface area contributed by atoms with Crippen molar-refractivity contribution in [3.63, 3.8) is 0 Å². The van der Waals surface area contributed by atoms with Crippen molar-refractivity contribution in [2.24, 2.45) is 35.0 Å². The molecular weight excluding hydrogens is 343 g/mol. The van der Waals surface area contributed by atoms with Crippen LogP contribution >= 0.6 is 0 Å². The highest BCUT2D eigenvalue weighted by Crippen LogP contribution is 2.40. The summed E-state index contributed by atoms with van der Waals surface area (Å²) in [5.74, 6) is 2.22. The Kier molecular flexibility index (Phi) is 10.8. The van der Waals surface area contributed by atoms with Gasteiger partial charge in [-0.15, -0.1) is 6.58 Å². The van der Waals surface area contributed by atoms with Gasteiger partial charge in [0.2, 0.25) is 0 Å². The SMILES string of the molecule is C=CC(C)C(CC(=C)C(CC1CCCC1)/C(F)=C\C)CC(C)CC(C)(C)CC. The molecule has 0 radical (unpaired) electrons. The van der Waals surface area contributed by atoms with E-state index >= 15 is 0 Å². The van der Waals surface area contributed by atoms with Crippen molar-refractivity contribution < 1.29 is 4.39 Å². The van der Waals surface area contributed by atoms with Gasteiger partial charge in [0.05, 0.1) is 0 Å². The number of halogens is 1. The Morgan fingerprint density at radius 1 is 1.21 bits per heavy atom. The molecule has 1 saturated carbocycles. The molecule has 0 saturated heterocycles. The van der Waals surface area contributed by atoms with Gasteiger partial charge < -0.3 is 0 Å². The molecule has 0 bridgehead atoms. The first-order valence-electron chi connectivity index (χ1n) is 11.7. The normalized spacial score (nSPS) is 20.6. The van der Waals surface area contributed by atoms with Crippen LogP contribution in [0.15, 0.2) is 36.7 Å². The molecule has 1 aliphatic rings. The van der Waals surface area contributed by atoms with Crippen LogP contribution in [0, 0.1) is 35.0 Å². The molecule has 1 aliphatic carbocycles. The summed E-state index contributed by atoms with van der Waals surface area (Å²) < 4.78 is 14.7. The van der Waals surface area contributed by atoms with E-state index in [4.69, 9.17) is 0 Å². The summed E-state index contributed by atoms with van der Waals surface area (Å²) in [6.07, 6.45) is 14.4. The Hall–Kier alpha value is -0.850. The standard InChI is InChI=1S/C27H47F/c1-9-21(5)24(16-20(4)19-27(7,8)11-3)17-22(6)25(26(28)10-2)18-23-14-12-13-15-23/h9-10,20-21,23-25H,1,6,11-19H2,2-5,7-8H3/b26-10+. The van der Waals surface area contributed by atoms with Gasteiger partial charge in [-0.3, -0.25) is 0 Å². The van der Waals surface area contributed by atoms with Crippen LogP contribution in [0.2, 0.25) is 0 Å². The zero-order chi connectivity index (χ0) is 21.3. The fraction of sp³-hybridized carbons (Fsp3) is 0.778. The highest BCUT2D eigenvalue weighted by Gasteiger charge is 2.29. The molecule has 0 aromatic carbocycles. The minimum Gasteiger partial charge on any atom is -0.212 e. The van der Waals surface area contributed by atoms with Crippen molar-refractivity contribution in [1.82, 2.24) is 0 Å². The second-order valence-electron chi connectivity index (χ2n) is 10.4. The summed E-state index contributed by atoms with van der Waals surface area (Å²) in [6, 6.07) is 0. The molecule has 0 aromatic rings.